The molecular formula is C16H20N2O. The van der Waals surface area contributed by atoms with E-state index in [2.05, 4.69) is 36.5 Å². The quantitative estimate of drug-likeness (QED) is 0.853. The first kappa shape index (κ1) is 12.4. The summed E-state index contributed by atoms with van der Waals surface area (Å²) in [5, 5.41) is 4.53. The van der Waals surface area contributed by atoms with Gasteiger partial charge in [0.05, 0.1) is 5.52 Å². The van der Waals surface area contributed by atoms with Crippen LogP contribution in [-0.2, 0) is 19.5 Å². The van der Waals surface area contributed by atoms with E-state index in [9.17, 15) is 4.79 Å². The molecule has 0 amide bonds. The second kappa shape index (κ2) is 5.17. The number of rotatable bonds is 4. The number of aryl methyl sites for hydroxylation is 2. The van der Waals surface area contributed by atoms with E-state index >= 15 is 0 Å². The van der Waals surface area contributed by atoms with Crippen molar-refractivity contribution in [2.24, 2.45) is 0 Å². The van der Waals surface area contributed by atoms with Gasteiger partial charge in [0.25, 0.3) is 5.56 Å². The number of aromatic nitrogens is 1. The number of para-hydroxylation sites is 1. The number of benzene rings is 1. The van der Waals surface area contributed by atoms with Crippen LogP contribution in [0.5, 0.6) is 0 Å². The summed E-state index contributed by atoms with van der Waals surface area (Å²) in [5.74, 6) is 0. The van der Waals surface area contributed by atoms with Gasteiger partial charge in [-0.05, 0) is 42.8 Å². The lowest BCUT2D eigenvalue weighted by molar-refractivity contribution is 0.602. The lowest BCUT2D eigenvalue weighted by Crippen LogP contribution is -2.30. The van der Waals surface area contributed by atoms with Gasteiger partial charge < -0.3 is 9.88 Å². The highest BCUT2D eigenvalue weighted by Gasteiger charge is 2.15. The third kappa shape index (κ3) is 2.19. The first-order valence-electron chi connectivity index (χ1n) is 7.16. The summed E-state index contributed by atoms with van der Waals surface area (Å²) in [6, 6.07) is 8.42. The molecule has 2 heterocycles. The molecule has 3 rings (SSSR count). The van der Waals surface area contributed by atoms with Gasteiger partial charge in [0.15, 0.2) is 0 Å². The van der Waals surface area contributed by atoms with Crippen LogP contribution in [0.1, 0.15) is 30.9 Å². The maximum atomic E-state index is 12.5. The van der Waals surface area contributed by atoms with Crippen LogP contribution in [0, 0.1) is 0 Å². The van der Waals surface area contributed by atoms with Crippen LogP contribution in [0.25, 0.3) is 10.9 Å². The molecule has 0 aliphatic carbocycles. The molecule has 0 bridgehead atoms. The van der Waals surface area contributed by atoms with Crippen LogP contribution in [0.2, 0.25) is 0 Å². The number of hydrogen-bond donors (Lipinski definition) is 1. The molecule has 0 unspecified atom stereocenters. The zero-order valence-electron chi connectivity index (χ0n) is 11.4. The summed E-state index contributed by atoms with van der Waals surface area (Å²) in [7, 11) is 0. The third-order valence-corrected chi connectivity index (χ3v) is 3.84. The van der Waals surface area contributed by atoms with E-state index in [1.165, 1.54) is 10.9 Å². The van der Waals surface area contributed by atoms with Crippen LogP contribution in [0.15, 0.2) is 29.1 Å². The number of hydrogen-bond acceptors (Lipinski definition) is 2. The molecule has 1 aromatic carbocycles. The first-order valence-corrected chi connectivity index (χ1v) is 7.16. The van der Waals surface area contributed by atoms with E-state index in [1.54, 1.807) is 0 Å². The lowest BCUT2D eigenvalue weighted by Gasteiger charge is -2.20. The topological polar surface area (TPSA) is 34.0 Å². The van der Waals surface area contributed by atoms with Gasteiger partial charge in [0, 0.05) is 18.7 Å². The van der Waals surface area contributed by atoms with Crippen LogP contribution in [0.3, 0.4) is 0 Å². The fourth-order valence-electron chi connectivity index (χ4n) is 2.95. The monoisotopic (exact) mass is 256 g/mol. The van der Waals surface area contributed by atoms with Crippen molar-refractivity contribution in [2.75, 3.05) is 6.54 Å². The largest absolute Gasteiger partial charge is 0.312 e. The van der Waals surface area contributed by atoms with Crippen molar-refractivity contribution < 1.29 is 0 Å². The van der Waals surface area contributed by atoms with E-state index in [-0.39, 0.29) is 5.56 Å². The van der Waals surface area contributed by atoms with Crippen molar-refractivity contribution >= 4 is 10.9 Å². The highest BCUT2D eigenvalue weighted by molar-refractivity contribution is 5.83. The molecule has 3 nitrogen and oxygen atoms in total. The van der Waals surface area contributed by atoms with Crippen molar-refractivity contribution in [1.29, 1.82) is 0 Å². The Morgan fingerprint density at radius 1 is 1.37 bits per heavy atom. The Balaban J connectivity index is 2.11. The lowest BCUT2D eigenvalue weighted by atomic mass is 10.00. The zero-order valence-corrected chi connectivity index (χ0v) is 11.4. The normalized spacial score (nSPS) is 13.9. The summed E-state index contributed by atoms with van der Waals surface area (Å²) >= 11 is 0. The van der Waals surface area contributed by atoms with Gasteiger partial charge in [-0.3, -0.25) is 4.79 Å². The van der Waals surface area contributed by atoms with Gasteiger partial charge in [-0.15, -0.1) is 0 Å². The Morgan fingerprint density at radius 3 is 3.11 bits per heavy atom. The SMILES string of the molecule is CCCNCc1cc2cccc3c2n(c1=O)CCC3. The number of nitrogens with one attached hydrogen (secondary N) is 1. The molecule has 0 saturated carbocycles. The summed E-state index contributed by atoms with van der Waals surface area (Å²) < 4.78 is 1.97. The summed E-state index contributed by atoms with van der Waals surface area (Å²) in [6.07, 6.45) is 3.24. The molecule has 0 radical (unpaired) electrons. The molecule has 0 saturated heterocycles. The minimum absolute atomic E-state index is 0.184. The summed E-state index contributed by atoms with van der Waals surface area (Å²) in [5.41, 5.74) is 3.54. The fourth-order valence-corrected chi connectivity index (χ4v) is 2.95. The van der Waals surface area contributed by atoms with Crippen LogP contribution in [-0.4, -0.2) is 11.1 Å². The molecule has 3 heteroatoms. The molecular weight excluding hydrogens is 236 g/mol. The zero-order chi connectivity index (χ0) is 13.2. The predicted molar refractivity (Wildman–Crippen MR) is 78.5 cm³/mol. The Morgan fingerprint density at radius 2 is 2.26 bits per heavy atom. The van der Waals surface area contributed by atoms with Crippen molar-refractivity contribution in [2.45, 2.75) is 39.3 Å². The van der Waals surface area contributed by atoms with E-state index in [0.29, 0.717) is 6.54 Å². The number of pyridine rings is 1. The highest BCUT2D eigenvalue weighted by Crippen LogP contribution is 2.23. The van der Waals surface area contributed by atoms with Gasteiger partial charge >= 0.3 is 0 Å². The Bertz CT molecular complexity index is 658. The van der Waals surface area contributed by atoms with Gasteiger partial charge in [-0.2, -0.15) is 0 Å². The third-order valence-electron chi connectivity index (χ3n) is 3.84. The van der Waals surface area contributed by atoms with Crippen molar-refractivity contribution in [3.63, 3.8) is 0 Å². The van der Waals surface area contributed by atoms with Gasteiger partial charge in [-0.25, -0.2) is 0 Å². The molecule has 100 valence electrons. The summed E-state index contributed by atoms with van der Waals surface area (Å²) in [4.78, 5) is 12.5. The second-order valence-electron chi connectivity index (χ2n) is 5.26. The van der Waals surface area contributed by atoms with Gasteiger partial charge in [0.2, 0.25) is 0 Å². The Kier molecular flexibility index (Phi) is 3.38. The molecule has 19 heavy (non-hydrogen) atoms. The van der Waals surface area contributed by atoms with Crippen molar-refractivity contribution in [3.8, 4) is 0 Å². The van der Waals surface area contributed by atoms with Gasteiger partial charge in [0.1, 0.15) is 0 Å². The molecule has 1 aliphatic heterocycles. The average Bonchev–Trinajstić information content (AvgIpc) is 2.44. The van der Waals surface area contributed by atoms with Crippen LogP contribution < -0.4 is 10.9 Å². The summed E-state index contributed by atoms with van der Waals surface area (Å²) in [6.45, 7) is 4.62. The van der Waals surface area contributed by atoms with Crippen molar-refractivity contribution in [1.82, 2.24) is 9.88 Å². The molecule has 2 aromatic rings. The molecule has 1 aliphatic rings. The van der Waals surface area contributed by atoms with Crippen LogP contribution in [0.4, 0.5) is 0 Å². The van der Waals surface area contributed by atoms with Crippen molar-refractivity contribution in [3.05, 3.63) is 45.7 Å². The molecule has 0 atom stereocenters. The van der Waals surface area contributed by atoms with Gasteiger partial charge in [-0.1, -0.05) is 25.1 Å². The Hall–Kier alpha value is -1.61. The smallest absolute Gasteiger partial charge is 0.255 e. The maximum absolute atomic E-state index is 12.5. The molecule has 0 fully saturated rings. The minimum Gasteiger partial charge on any atom is -0.312 e. The first-order chi connectivity index (χ1) is 9.31. The minimum atomic E-state index is 0.184. The number of nitrogens with zero attached hydrogens (tertiary/aromatic N) is 1. The van der Waals surface area contributed by atoms with E-state index in [4.69, 9.17) is 0 Å². The standard InChI is InChI=1S/C16H20N2O/c1-2-8-17-11-14-10-13-6-3-5-12-7-4-9-18(15(12)13)16(14)19/h3,5-6,10,17H,2,4,7-9,11H2,1H3. The van der Waals surface area contributed by atoms with E-state index in [0.717, 1.165) is 43.4 Å². The van der Waals surface area contributed by atoms with Crippen LogP contribution >= 0.6 is 0 Å². The highest BCUT2D eigenvalue weighted by atomic mass is 16.1. The predicted octanol–water partition coefficient (Wildman–Crippen LogP) is 2.45. The van der Waals surface area contributed by atoms with E-state index in [1.807, 2.05) is 4.57 Å². The fraction of sp³-hybridized carbons (Fsp3) is 0.438. The molecule has 1 N–H and O–H groups in total. The molecule has 0 spiro atoms. The second-order valence-corrected chi connectivity index (χ2v) is 5.26. The Labute approximate surface area is 113 Å². The molecule has 1 aromatic heterocycles. The van der Waals surface area contributed by atoms with E-state index < -0.39 is 0 Å². The maximum Gasteiger partial charge on any atom is 0.255 e. The average molecular weight is 256 g/mol.